The molecule has 0 saturated carbocycles. The van der Waals surface area contributed by atoms with E-state index < -0.39 is 0 Å². The first kappa shape index (κ1) is 19.2. The van der Waals surface area contributed by atoms with Crippen LogP contribution in [0.25, 0.3) is 11.4 Å². The van der Waals surface area contributed by atoms with Crippen molar-refractivity contribution in [2.75, 3.05) is 5.75 Å². The molecule has 134 valence electrons. The summed E-state index contributed by atoms with van der Waals surface area (Å²) in [6.07, 6.45) is 3.73. The Kier molecular flexibility index (Phi) is 7.18. The van der Waals surface area contributed by atoms with Gasteiger partial charge in [0.2, 0.25) is 5.91 Å². The number of halogens is 1. The largest absolute Gasteiger partial charge is 0.353 e. The molecule has 0 spiro atoms. The van der Waals surface area contributed by atoms with Crippen LogP contribution in [0.4, 0.5) is 4.39 Å². The number of hydrogen-bond donors (Lipinski definition) is 1. The summed E-state index contributed by atoms with van der Waals surface area (Å²) in [4.78, 5) is 12.0. The smallest absolute Gasteiger partial charge is 0.230 e. The monoisotopic (exact) mass is 362 g/mol. The van der Waals surface area contributed by atoms with E-state index in [1.165, 1.54) is 23.9 Å². The van der Waals surface area contributed by atoms with Crippen molar-refractivity contribution in [3.63, 3.8) is 0 Å². The Morgan fingerprint density at radius 3 is 2.76 bits per heavy atom. The second kappa shape index (κ2) is 9.36. The molecule has 0 unspecified atom stereocenters. The molecular weight excluding hydrogens is 339 g/mol. The average molecular weight is 362 g/mol. The maximum Gasteiger partial charge on any atom is 0.230 e. The van der Waals surface area contributed by atoms with E-state index >= 15 is 0 Å². The number of aromatic nitrogens is 3. The second-order valence-corrected chi connectivity index (χ2v) is 6.70. The highest BCUT2D eigenvalue weighted by molar-refractivity contribution is 7.99. The Morgan fingerprint density at radius 2 is 2.12 bits per heavy atom. The Labute approximate surface area is 151 Å². The molecule has 2 rings (SSSR count). The lowest BCUT2D eigenvalue weighted by molar-refractivity contribution is -0.119. The zero-order chi connectivity index (χ0) is 18.2. The average Bonchev–Trinajstić information content (AvgIpc) is 2.97. The fourth-order valence-corrected chi connectivity index (χ4v) is 3.21. The molecule has 1 amide bonds. The minimum absolute atomic E-state index is 0.0255. The summed E-state index contributed by atoms with van der Waals surface area (Å²) in [7, 11) is 0. The summed E-state index contributed by atoms with van der Waals surface area (Å²) < 4.78 is 15.0. The summed E-state index contributed by atoms with van der Waals surface area (Å²) in [6, 6.07) is 6.26. The third kappa shape index (κ3) is 5.42. The maximum absolute atomic E-state index is 13.1. The Balaban J connectivity index is 2.09. The van der Waals surface area contributed by atoms with Crippen molar-refractivity contribution in [1.29, 1.82) is 0 Å². The highest BCUT2D eigenvalue weighted by Crippen LogP contribution is 2.24. The summed E-state index contributed by atoms with van der Waals surface area (Å²) in [5.41, 5.74) is 0.767. The predicted octanol–water partition coefficient (Wildman–Crippen LogP) is 3.67. The molecule has 1 aromatic heterocycles. The number of carbonyl (C=O) groups is 1. The second-order valence-electron chi connectivity index (χ2n) is 5.76. The Bertz CT molecular complexity index is 714. The number of carbonyl (C=O) groups excluding carboxylic acids is 1. The highest BCUT2D eigenvalue weighted by atomic mass is 32.2. The molecule has 1 N–H and O–H groups in total. The molecule has 0 saturated heterocycles. The van der Waals surface area contributed by atoms with Crippen molar-refractivity contribution in [2.24, 2.45) is 0 Å². The highest BCUT2D eigenvalue weighted by Gasteiger charge is 2.15. The van der Waals surface area contributed by atoms with E-state index in [0.29, 0.717) is 17.5 Å². The summed E-state index contributed by atoms with van der Waals surface area (Å²) in [6.45, 7) is 8.35. The van der Waals surface area contributed by atoms with Gasteiger partial charge in [0.15, 0.2) is 11.0 Å². The molecule has 0 aliphatic heterocycles. The van der Waals surface area contributed by atoms with Crippen LogP contribution >= 0.6 is 11.8 Å². The van der Waals surface area contributed by atoms with Gasteiger partial charge in [-0.2, -0.15) is 0 Å². The number of allylic oxidation sites excluding steroid dienone is 1. The molecule has 2 aromatic rings. The molecule has 25 heavy (non-hydrogen) atoms. The van der Waals surface area contributed by atoms with Crippen molar-refractivity contribution in [1.82, 2.24) is 20.1 Å². The minimum atomic E-state index is -0.300. The number of hydrogen-bond acceptors (Lipinski definition) is 4. The van der Waals surface area contributed by atoms with Crippen LogP contribution in [0.15, 0.2) is 42.1 Å². The topological polar surface area (TPSA) is 59.8 Å². The predicted molar refractivity (Wildman–Crippen MR) is 98.8 cm³/mol. The van der Waals surface area contributed by atoms with Gasteiger partial charge in [0.25, 0.3) is 0 Å². The standard InChI is InChI=1S/C18H23FN4OS/c1-4-6-13(3)20-16(24)12-25-18-22-21-17(23(18)11-5-2)14-7-9-15(19)10-8-14/h5,7-10,13H,2,4,6,11-12H2,1,3H3,(H,20,24)/t13-/m0/s1. The van der Waals surface area contributed by atoms with Crippen LogP contribution in [0.3, 0.4) is 0 Å². The van der Waals surface area contributed by atoms with Crippen molar-refractivity contribution < 1.29 is 9.18 Å². The van der Waals surface area contributed by atoms with Gasteiger partial charge < -0.3 is 5.32 Å². The number of amides is 1. The lowest BCUT2D eigenvalue weighted by atomic mass is 10.2. The maximum atomic E-state index is 13.1. The van der Waals surface area contributed by atoms with Crippen molar-refractivity contribution in [3.05, 3.63) is 42.7 Å². The molecule has 1 aromatic carbocycles. The van der Waals surface area contributed by atoms with Gasteiger partial charge in [-0.15, -0.1) is 16.8 Å². The molecule has 1 atom stereocenters. The van der Waals surface area contributed by atoms with E-state index in [-0.39, 0.29) is 23.5 Å². The Hall–Kier alpha value is -2.15. The van der Waals surface area contributed by atoms with Gasteiger partial charge in [0.1, 0.15) is 5.82 Å². The van der Waals surface area contributed by atoms with E-state index in [2.05, 4.69) is 29.0 Å². The van der Waals surface area contributed by atoms with Gasteiger partial charge in [-0.3, -0.25) is 9.36 Å². The van der Waals surface area contributed by atoms with Gasteiger partial charge in [-0.05, 0) is 37.6 Å². The SMILES string of the molecule is C=CCn1c(SCC(=O)N[C@@H](C)CCC)nnc1-c1ccc(F)cc1. The van der Waals surface area contributed by atoms with Gasteiger partial charge >= 0.3 is 0 Å². The molecule has 0 radical (unpaired) electrons. The fourth-order valence-electron chi connectivity index (χ4n) is 2.45. The molecule has 5 nitrogen and oxygen atoms in total. The first-order chi connectivity index (χ1) is 12.0. The summed E-state index contributed by atoms with van der Waals surface area (Å²) in [5.74, 6) is 0.572. The molecule has 0 fully saturated rings. The molecule has 0 bridgehead atoms. The number of thioether (sulfide) groups is 1. The van der Waals surface area contributed by atoms with Gasteiger partial charge in [-0.25, -0.2) is 4.39 Å². The molecular formula is C18H23FN4OS. The number of nitrogens with zero attached hydrogens (tertiary/aromatic N) is 3. The number of benzene rings is 1. The van der Waals surface area contributed by atoms with E-state index in [9.17, 15) is 9.18 Å². The zero-order valence-corrected chi connectivity index (χ0v) is 15.4. The van der Waals surface area contributed by atoms with Crippen LogP contribution in [0, 0.1) is 5.82 Å². The van der Waals surface area contributed by atoms with Crippen LogP contribution < -0.4 is 5.32 Å². The van der Waals surface area contributed by atoms with Crippen LogP contribution in [-0.4, -0.2) is 32.5 Å². The first-order valence-electron chi connectivity index (χ1n) is 8.27. The van der Waals surface area contributed by atoms with Crippen LogP contribution in [0.5, 0.6) is 0 Å². The minimum Gasteiger partial charge on any atom is -0.353 e. The van der Waals surface area contributed by atoms with Crippen LogP contribution in [0.1, 0.15) is 26.7 Å². The third-order valence-electron chi connectivity index (χ3n) is 3.59. The van der Waals surface area contributed by atoms with E-state index in [4.69, 9.17) is 0 Å². The van der Waals surface area contributed by atoms with Crippen LogP contribution in [0.2, 0.25) is 0 Å². The molecule has 0 aliphatic carbocycles. The van der Waals surface area contributed by atoms with Crippen molar-refractivity contribution in [3.8, 4) is 11.4 Å². The summed E-state index contributed by atoms with van der Waals surface area (Å²) >= 11 is 1.33. The van der Waals surface area contributed by atoms with E-state index in [1.807, 2.05) is 11.5 Å². The van der Waals surface area contributed by atoms with Gasteiger partial charge in [0, 0.05) is 18.2 Å². The normalized spacial score (nSPS) is 12.0. The molecule has 7 heteroatoms. The van der Waals surface area contributed by atoms with Gasteiger partial charge in [-0.1, -0.05) is 31.2 Å². The zero-order valence-electron chi connectivity index (χ0n) is 14.5. The van der Waals surface area contributed by atoms with Gasteiger partial charge in [0.05, 0.1) is 5.75 Å². The lowest BCUT2D eigenvalue weighted by Crippen LogP contribution is -2.33. The Morgan fingerprint density at radius 1 is 1.40 bits per heavy atom. The molecule has 1 heterocycles. The summed E-state index contributed by atoms with van der Waals surface area (Å²) in [5, 5.41) is 12.0. The van der Waals surface area contributed by atoms with E-state index in [1.54, 1.807) is 18.2 Å². The number of rotatable bonds is 9. The molecule has 0 aliphatic rings. The first-order valence-corrected chi connectivity index (χ1v) is 9.25. The lowest BCUT2D eigenvalue weighted by Gasteiger charge is -2.12. The van der Waals surface area contributed by atoms with E-state index in [0.717, 1.165) is 18.4 Å². The van der Waals surface area contributed by atoms with Crippen molar-refractivity contribution >= 4 is 17.7 Å². The third-order valence-corrected chi connectivity index (χ3v) is 4.56. The van der Waals surface area contributed by atoms with Crippen LogP contribution in [-0.2, 0) is 11.3 Å². The number of nitrogens with one attached hydrogen (secondary N) is 1. The quantitative estimate of drug-likeness (QED) is 0.546. The van der Waals surface area contributed by atoms with Crippen molar-refractivity contribution in [2.45, 2.75) is 44.4 Å². The fraction of sp³-hybridized carbons (Fsp3) is 0.389.